The van der Waals surface area contributed by atoms with Crippen molar-refractivity contribution in [3.8, 4) is 0 Å². The van der Waals surface area contributed by atoms with E-state index in [2.05, 4.69) is 6.58 Å². The topological polar surface area (TPSA) is 57.6 Å². The number of hydrogen-bond acceptors (Lipinski definition) is 4. The molecule has 1 aromatic carbocycles. The van der Waals surface area contributed by atoms with Crippen LogP contribution in [0.15, 0.2) is 48.5 Å². The molecule has 1 N–H and O–H groups in total. The second-order valence-corrected chi connectivity index (χ2v) is 6.79. The molecule has 1 unspecified atom stereocenters. The van der Waals surface area contributed by atoms with Gasteiger partial charge in [-0.1, -0.05) is 18.2 Å². The molecular weight excluding hydrogens is 348 g/mol. The summed E-state index contributed by atoms with van der Waals surface area (Å²) in [6.07, 6.45) is 1.06. The van der Waals surface area contributed by atoms with Crippen LogP contribution in [0, 0.1) is 0 Å². The van der Waals surface area contributed by atoms with Gasteiger partial charge in [0.25, 0.3) is 11.8 Å². The molecule has 2 amide bonds. The fourth-order valence-electron chi connectivity index (χ4n) is 2.47. The van der Waals surface area contributed by atoms with Gasteiger partial charge in [0.1, 0.15) is 11.6 Å². The molecule has 0 bridgehead atoms. The number of alkyl halides is 1. The lowest BCUT2D eigenvalue weighted by Gasteiger charge is -2.16. The van der Waals surface area contributed by atoms with Gasteiger partial charge < -0.3 is 5.11 Å². The van der Waals surface area contributed by atoms with Crippen molar-refractivity contribution in [2.24, 2.45) is 0 Å². The van der Waals surface area contributed by atoms with Gasteiger partial charge in [-0.15, -0.1) is 6.58 Å². The molecule has 1 aromatic rings. The number of thioether (sulfide) groups is 1. The van der Waals surface area contributed by atoms with Crippen molar-refractivity contribution in [1.29, 1.82) is 0 Å². The standard InChI is InChI=1S/C18H19F2NO3S/c1-2-12(11-15(20)16(22)7-8-19)25-10-9-21-17(23)13-5-3-4-6-14(13)18(21)24/h2-6,12,22H,1,7-11H2/b16-15-. The number of allylic oxidation sites excluding steroid dienone is 2. The smallest absolute Gasteiger partial charge is 0.261 e. The summed E-state index contributed by atoms with van der Waals surface area (Å²) in [6.45, 7) is 2.99. The molecular formula is C18H19F2NO3S. The van der Waals surface area contributed by atoms with Crippen LogP contribution in [0.1, 0.15) is 33.6 Å². The number of aliphatic hydroxyl groups is 1. The molecule has 1 atom stereocenters. The van der Waals surface area contributed by atoms with Crippen molar-refractivity contribution in [3.63, 3.8) is 0 Å². The molecule has 0 radical (unpaired) electrons. The van der Waals surface area contributed by atoms with Crippen LogP contribution in [0.2, 0.25) is 0 Å². The average Bonchev–Trinajstić information content (AvgIpc) is 2.86. The molecule has 0 saturated heterocycles. The van der Waals surface area contributed by atoms with E-state index < -0.39 is 18.3 Å². The lowest BCUT2D eigenvalue weighted by atomic mass is 10.1. The summed E-state index contributed by atoms with van der Waals surface area (Å²) in [5.41, 5.74) is 0.783. The first-order valence-corrected chi connectivity index (χ1v) is 8.86. The molecule has 7 heteroatoms. The number of halogens is 2. The van der Waals surface area contributed by atoms with Gasteiger partial charge in [0.05, 0.1) is 17.8 Å². The molecule has 0 spiro atoms. The highest BCUT2D eigenvalue weighted by atomic mass is 32.2. The van der Waals surface area contributed by atoms with E-state index in [0.29, 0.717) is 16.9 Å². The normalized spacial score (nSPS) is 15.8. The summed E-state index contributed by atoms with van der Waals surface area (Å²) in [7, 11) is 0. The molecule has 134 valence electrons. The Morgan fingerprint density at radius 1 is 1.28 bits per heavy atom. The third kappa shape index (κ3) is 4.48. The largest absolute Gasteiger partial charge is 0.510 e. The van der Waals surface area contributed by atoms with Gasteiger partial charge >= 0.3 is 0 Å². The Morgan fingerprint density at radius 2 is 1.88 bits per heavy atom. The monoisotopic (exact) mass is 367 g/mol. The zero-order valence-electron chi connectivity index (χ0n) is 13.6. The van der Waals surface area contributed by atoms with Crippen LogP contribution in [-0.4, -0.2) is 46.0 Å². The third-order valence-electron chi connectivity index (χ3n) is 3.81. The lowest BCUT2D eigenvalue weighted by molar-refractivity contribution is 0.0664. The van der Waals surface area contributed by atoms with Crippen molar-refractivity contribution in [2.45, 2.75) is 18.1 Å². The zero-order chi connectivity index (χ0) is 18.4. The van der Waals surface area contributed by atoms with Crippen molar-refractivity contribution < 1.29 is 23.5 Å². The number of nitrogens with zero attached hydrogens (tertiary/aromatic N) is 1. The van der Waals surface area contributed by atoms with Gasteiger partial charge in [0, 0.05) is 30.4 Å². The molecule has 4 nitrogen and oxygen atoms in total. The number of benzene rings is 1. The fraction of sp³-hybridized carbons (Fsp3) is 0.333. The van der Waals surface area contributed by atoms with Crippen molar-refractivity contribution >= 4 is 23.6 Å². The summed E-state index contributed by atoms with van der Waals surface area (Å²) in [5.74, 6) is -1.61. The van der Waals surface area contributed by atoms with E-state index in [-0.39, 0.29) is 36.5 Å². The van der Waals surface area contributed by atoms with Crippen LogP contribution in [0.5, 0.6) is 0 Å². The van der Waals surface area contributed by atoms with Gasteiger partial charge in [-0.05, 0) is 12.1 Å². The molecule has 25 heavy (non-hydrogen) atoms. The number of amides is 2. The Kier molecular flexibility index (Phi) is 6.75. The Labute approximate surface area is 149 Å². The van der Waals surface area contributed by atoms with Crippen LogP contribution in [0.3, 0.4) is 0 Å². The first-order chi connectivity index (χ1) is 12.0. The minimum absolute atomic E-state index is 0.109. The van der Waals surface area contributed by atoms with Crippen LogP contribution in [-0.2, 0) is 0 Å². The minimum Gasteiger partial charge on any atom is -0.510 e. The quantitative estimate of drug-likeness (QED) is 0.406. The van der Waals surface area contributed by atoms with E-state index in [0.717, 1.165) is 0 Å². The Morgan fingerprint density at radius 3 is 2.40 bits per heavy atom. The number of rotatable bonds is 9. The van der Waals surface area contributed by atoms with Crippen molar-refractivity contribution in [3.05, 3.63) is 59.6 Å². The number of carbonyl (C=O) groups excluding carboxylic acids is 2. The van der Waals surface area contributed by atoms with E-state index >= 15 is 0 Å². The van der Waals surface area contributed by atoms with Gasteiger partial charge in [0.15, 0.2) is 0 Å². The molecule has 0 saturated carbocycles. The van der Waals surface area contributed by atoms with Crippen LogP contribution < -0.4 is 0 Å². The lowest BCUT2D eigenvalue weighted by Crippen LogP contribution is -2.32. The second-order valence-electron chi connectivity index (χ2n) is 5.45. The van der Waals surface area contributed by atoms with Gasteiger partial charge in [0.2, 0.25) is 0 Å². The summed E-state index contributed by atoms with van der Waals surface area (Å²) in [5, 5.41) is 9.00. The summed E-state index contributed by atoms with van der Waals surface area (Å²) < 4.78 is 25.9. The first-order valence-electron chi connectivity index (χ1n) is 7.81. The molecule has 2 rings (SSSR count). The van der Waals surface area contributed by atoms with E-state index in [1.54, 1.807) is 24.3 Å². The number of imide groups is 1. The second kappa shape index (κ2) is 8.80. The molecule has 0 aliphatic carbocycles. The van der Waals surface area contributed by atoms with Crippen LogP contribution in [0.25, 0.3) is 0 Å². The Hall–Kier alpha value is -2.15. The van der Waals surface area contributed by atoms with Gasteiger partial charge in [-0.3, -0.25) is 18.9 Å². The molecule has 1 heterocycles. The van der Waals surface area contributed by atoms with Gasteiger partial charge in [-0.2, -0.15) is 11.8 Å². The maximum Gasteiger partial charge on any atom is 0.261 e. The van der Waals surface area contributed by atoms with Crippen LogP contribution in [0.4, 0.5) is 8.78 Å². The van der Waals surface area contributed by atoms with E-state index in [1.165, 1.54) is 22.7 Å². The SMILES string of the molecule is C=CC(C/C(F)=C(/O)CCF)SCCN1C(=O)c2ccccc2C1=O. The predicted octanol–water partition coefficient (Wildman–Crippen LogP) is 4.06. The fourth-order valence-corrected chi connectivity index (χ4v) is 3.46. The summed E-state index contributed by atoms with van der Waals surface area (Å²) in [6, 6.07) is 6.64. The first kappa shape index (κ1) is 19.2. The highest BCUT2D eigenvalue weighted by Gasteiger charge is 2.34. The molecule has 1 aliphatic heterocycles. The summed E-state index contributed by atoms with van der Waals surface area (Å²) >= 11 is 1.31. The zero-order valence-corrected chi connectivity index (χ0v) is 14.4. The van der Waals surface area contributed by atoms with Gasteiger partial charge in [-0.25, -0.2) is 4.39 Å². The van der Waals surface area contributed by atoms with E-state index in [1.807, 2.05) is 0 Å². The molecule has 0 fully saturated rings. The predicted molar refractivity (Wildman–Crippen MR) is 94.2 cm³/mol. The highest BCUT2D eigenvalue weighted by molar-refractivity contribution is 8.00. The maximum absolute atomic E-state index is 13.7. The van der Waals surface area contributed by atoms with Crippen molar-refractivity contribution in [2.75, 3.05) is 19.0 Å². The number of aliphatic hydroxyl groups excluding tert-OH is 1. The maximum atomic E-state index is 13.7. The minimum atomic E-state index is -0.828. The third-order valence-corrected chi connectivity index (χ3v) is 5.02. The number of fused-ring (bicyclic) bond motifs is 1. The van der Waals surface area contributed by atoms with Crippen molar-refractivity contribution in [1.82, 2.24) is 4.90 Å². The number of hydrogen-bond donors (Lipinski definition) is 1. The number of carbonyl (C=O) groups is 2. The Balaban J connectivity index is 1.90. The highest BCUT2D eigenvalue weighted by Crippen LogP contribution is 2.26. The van der Waals surface area contributed by atoms with E-state index in [4.69, 9.17) is 0 Å². The summed E-state index contributed by atoms with van der Waals surface area (Å²) in [4.78, 5) is 25.6. The Bertz CT molecular complexity index is 670. The molecule has 1 aliphatic rings. The van der Waals surface area contributed by atoms with E-state index in [9.17, 15) is 23.5 Å². The van der Waals surface area contributed by atoms with Crippen LogP contribution >= 0.6 is 11.8 Å². The average molecular weight is 367 g/mol. The molecule has 0 aromatic heterocycles.